The first-order chi connectivity index (χ1) is 10.6. The summed E-state index contributed by atoms with van der Waals surface area (Å²) in [6, 6.07) is 12.3. The molecular formula is C16H13Cl2N3O. The number of aromatic nitrogens is 2. The minimum Gasteiger partial charge on any atom is -0.324 e. The summed E-state index contributed by atoms with van der Waals surface area (Å²) in [5, 5.41) is 3.69. The Morgan fingerprint density at radius 2 is 1.95 bits per heavy atom. The standard InChI is InChI=1S/C16H13Cl2N3O/c1-10(21-9-19-14-4-2-3-5-15(14)21)16(22)20-11-6-7-12(17)13(18)8-11/h2-10H,1H3,(H,20,22). The number of amides is 1. The van der Waals surface area contributed by atoms with Crippen molar-refractivity contribution in [1.29, 1.82) is 0 Å². The summed E-state index contributed by atoms with van der Waals surface area (Å²) in [5.74, 6) is -0.151. The number of carbonyl (C=O) groups is 1. The summed E-state index contributed by atoms with van der Waals surface area (Å²) in [6.45, 7) is 1.82. The third-order valence-corrected chi connectivity index (χ3v) is 4.20. The Morgan fingerprint density at radius 3 is 2.73 bits per heavy atom. The molecule has 1 N–H and O–H groups in total. The number of nitrogens with zero attached hydrogens (tertiary/aromatic N) is 2. The molecule has 1 aromatic heterocycles. The first-order valence-corrected chi connectivity index (χ1v) is 7.49. The molecule has 0 spiro atoms. The van der Waals surface area contributed by atoms with Gasteiger partial charge in [-0.15, -0.1) is 0 Å². The molecule has 2 aromatic carbocycles. The second-order valence-electron chi connectivity index (χ2n) is 4.93. The van der Waals surface area contributed by atoms with Crippen LogP contribution in [-0.4, -0.2) is 15.5 Å². The highest BCUT2D eigenvalue weighted by atomic mass is 35.5. The number of hydrogen-bond donors (Lipinski definition) is 1. The second kappa shape index (κ2) is 5.99. The monoisotopic (exact) mass is 333 g/mol. The molecule has 22 heavy (non-hydrogen) atoms. The van der Waals surface area contributed by atoms with Crippen molar-refractivity contribution >= 4 is 45.8 Å². The Morgan fingerprint density at radius 1 is 1.18 bits per heavy atom. The van der Waals surface area contributed by atoms with Gasteiger partial charge < -0.3 is 9.88 Å². The summed E-state index contributed by atoms with van der Waals surface area (Å²) in [5.41, 5.74) is 2.38. The van der Waals surface area contributed by atoms with E-state index in [4.69, 9.17) is 23.2 Å². The molecule has 0 radical (unpaired) electrons. The third-order valence-electron chi connectivity index (χ3n) is 3.46. The zero-order chi connectivity index (χ0) is 15.7. The Bertz CT molecular complexity index is 844. The van der Waals surface area contributed by atoms with E-state index >= 15 is 0 Å². The molecule has 1 amide bonds. The predicted octanol–water partition coefficient (Wildman–Crippen LogP) is 4.54. The molecule has 0 aliphatic heterocycles. The molecule has 1 heterocycles. The quantitative estimate of drug-likeness (QED) is 0.764. The largest absolute Gasteiger partial charge is 0.324 e. The normalized spacial score (nSPS) is 12.3. The summed E-state index contributed by atoms with van der Waals surface area (Å²) < 4.78 is 1.84. The summed E-state index contributed by atoms with van der Waals surface area (Å²) >= 11 is 11.8. The van der Waals surface area contributed by atoms with Crippen LogP contribution in [0.1, 0.15) is 13.0 Å². The van der Waals surface area contributed by atoms with Crippen molar-refractivity contribution < 1.29 is 4.79 Å². The van der Waals surface area contributed by atoms with Gasteiger partial charge in [0.25, 0.3) is 0 Å². The Kier molecular flexibility index (Phi) is 4.05. The summed E-state index contributed by atoms with van der Waals surface area (Å²) in [7, 11) is 0. The van der Waals surface area contributed by atoms with Crippen molar-refractivity contribution in [2.24, 2.45) is 0 Å². The Hall–Kier alpha value is -2.04. The van der Waals surface area contributed by atoms with Gasteiger partial charge in [0.2, 0.25) is 5.91 Å². The molecule has 1 atom stereocenters. The van der Waals surface area contributed by atoms with Crippen molar-refractivity contribution in [3.05, 3.63) is 58.8 Å². The molecule has 0 bridgehead atoms. The molecule has 0 aliphatic carbocycles. The van der Waals surface area contributed by atoms with Crippen molar-refractivity contribution in [1.82, 2.24) is 9.55 Å². The van der Waals surface area contributed by atoms with E-state index in [1.807, 2.05) is 35.8 Å². The highest BCUT2D eigenvalue weighted by Crippen LogP contribution is 2.26. The van der Waals surface area contributed by atoms with Crippen molar-refractivity contribution in [3.63, 3.8) is 0 Å². The van der Waals surface area contributed by atoms with Crippen LogP contribution in [0.25, 0.3) is 11.0 Å². The van der Waals surface area contributed by atoms with Crippen molar-refractivity contribution in [3.8, 4) is 0 Å². The number of benzene rings is 2. The zero-order valence-electron chi connectivity index (χ0n) is 11.8. The third kappa shape index (κ3) is 2.80. The first-order valence-electron chi connectivity index (χ1n) is 6.74. The maximum Gasteiger partial charge on any atom is 0.247 e. The highest BCUT2D eigenvalue weighted by molar-refractivity contribution is 6.42. The van der Waals surface area contributed by atoms with Crippen LogP contribution in [0.5, 0.6) is 0 Å². The van der Waals surface area contributed by atoms with Gasteiger partial charge in [-0.25, -0.2) is 4.98 Å². The van der Waals surface area contributed by atoms with E-state index in [2.05, 4.69) is 10.3 Å². The molecule has 3 rings (SSSR count). The molecule has 6 heteroatoms. The molecular weight excluding hydrogens is 321 g/mol. The number of carbonyl (C=O) groups excluding carboxylic acids is 1. The summed E-state index contributed by atoms with van der Waals surface area (Å²) in [6.07, 6.45) is 1.67. The molecule has 1 unspecified atom stereocenters. The van der Waals surface area contributed by atoms with Gasteiger partial charge in [0.15, 0.2) is 0 Å². The molecule has 0 saturated heterocycles. The van der Waals surface area contributed by atoms with Gasteiger partial charge in [-0.2, -0.15) is 0 Å². The second-order valence-corrected chi connectivity index (χ2v) is 5.75. The fourth-order valence-corrected chi connectivity index (χ4v) is 2.53. The van der Waals surface area contributed by atoms with Crippen LogP contribution in [0, 0.1) is 0 Å². The lowest BCUT2D eigenvalue weighted by Crippen LogP contribution is -2.23. The van der Waals surface area contributed by atoms with Crippen LogP contribution in [0.15, 0.2) is 48.8 Å². The average molecular weight is 334 g/mol. The minimum absolute atomic E-state index is 0.151. The van der Waals surface area contributed by atoms with Crippen molar-refractivity contribution in [2.45, 2.75) is 13.0 Å². The topological polar surface area (TPSA) is 46.9 Å². The van der Waals surface area contributed by atoms with Gasteiger partial charge in [0, 0.05) is 5.69 Å². The van der Waals surface area contributed by atoms with Crippen LogP contribution in [0.2, 0.25) is 10.0 Å². The van der Waals surface area contributed by atoms with Crippen LogP contribution >= 0.6 is 23.2 Å². The first kappa shape index (κ1) is 14.9. The Labute approximate surface area is 137 Å². The molecule has 0 saturated carbocycles. The Balaban J connectivity index is 1.83. The van der Waals surface area contributed by atoms with Gasteiger partial charge in [0.05, 0.1) is 27.4 Å². The number of rotatable bonds is 3. The maximum atomic E-state index is 12.4. The molecule has 0 aliphatic rings. The average Bonchev–Trinajstić information content (AvgIpc) is 2.94. The van der Waals surface area contributed by atoms with Crippen molar-refractivity contribution in [2.75, 3.05) is 5.32 Å². The van der Waals surface area contributed by atoms with E-state index in [0.29, 0.717) is 15.7 Å². The number of imidazole rings is 1. The van der Waals surface area contributed by atoms with E-state index in [-0.39, 0.29) is 5.91 Å². The summed E-state index contributed by atoms with van der Waals surface area (Å²) in [4.78, 5) is 16.7. The maximum absolute atomic E-state index is 12.4. The van der Waals surface area contributed by atoms with Gasteiger partial charge in [-0.3, -0.25) is 4.79 Å². The van der Waals surface area contributed by atoms with Gasteiger partial charge in [-0.05, 0) is 37.3 Å². The molecule has 4 nitrogen and oxygen atoms in total. The number of hydrogen-bond acceptors (Lipinski definition) is 2. The smallest absolute Gasteiger partial charge is 0.247 e. The van der Waals surface area contributed by atoms with Crippen LogP contribution in [0.4, 0.5) is 5.69 Å². The molecule has 112 valence electrons. The number of anilines is 1. The van der Waals surface area contributed by atoms with E-state index in [1.165, 1.54) is 0 Å². The highest BCUT2D eigenvalue weighted by Gasteiger charge is 2.17. The van der Waals surface area contributed by atoms with Crippen LogP contribution in [0.3, 0.4) is 0 Å². The van der Waals surface area contributed by atoms with Gasteiger partial charge >= 0.3 is 0 Å². The minimum atomic E-state index is -0.401. The van der Waals surface area contributed by atoms with Gasteiger partial charge in [0.1, 0.15) is 6.04 Å². The molecule has 3 aromatic rings. The number of halogens is 2. The van der Waals surface area contributed by atoms with Crippen LogP contribution < -0.4 is 5.32 Å². The van der Waals surface area contributed by atoms with E-state index in [9.17, 15) is 4.79 Å². The lowest BCUT2D eigenvalue weighted by Gasteiger charge is -2.15. The number of para-hydroxylation sites is 2. The lowest BCUT2D eigenvalue weighted by atomic mass is 10.2. The zero-order valence-corrected chi connectivity index (χ0v) is 13.3. The fourth-order valence-electron chi connectivity index (χ4n) is 2.23. The van der Waals surface area contributed by atoms with E-state index < -0.39 is 6.04 Å². The SMILES string of the molecule is CC(C(=O)Nc1ccc(Cl)c(Cl)c1)n1cnc2ccccc21. The lowest BCUT2D eigenvalue weighted by molar-refractivity contribution is -0.118. The molecule has 0 fully saturated rings. The van der Waals surface area contributed by atoms with E-state index in [0.717, 1.165) is 11.0 Å². The van der Waals surface area contributed by atoms with Crippen LogP contribution in [-0.2, 0) is 4.79 Å². The fraction of sp³-hybridized carbons (Fsp3) is 0.125. The van der Waals surface area contributed by atoms with E-state index in [1.54, 1.807) is 24.5 Å². The number of fused-ring (bicyclic) bond motifs is 1. The number of nitrogens with one attached hydrogen (secondary N) is 1. The van der Waals surface area contributed by atoms with Gasteiger partial charge in [-0.1, -0.05) is 35.3 Å². The predicted molar refractivity (Wildman–Crippen MR) is 89.5 cm³/mol.